The average Bonchev–Trinajstić information content (AvgIpc) is 2.40. The molecule has 0 saturated carbocycles. The molecule has 0 atom stereocenters. The average molecular weight is 357 g/mol. The molecule has 0 aliphatic heterocycles. The zero-order valence-electron chi connectivity index (χ0n) is 10.2. The summed E-state index contributed by atoms with van der Waals surface area (Å²) in [5.74, 6) is 0. The molecule has 0 bridgehead atoms. The number of hydrogen-bond acceptors (Lipinski definition) is 2. The molecule has 0 aliphatic carbocycles. The Morgan fingerprint density at radius 2 is 1.81 bits per heavy atom. The SMILES string of the molecule is OCc1ccnc(-c2cc(Cl)cc(Cl)c2Cl)c1C(F)(F)F. The molecule has 2 nitrogen and oxygen atoms in total. The van der Waals surface area contributed by atoms with E-state index in [1.807, 2.05) is 0 Å². The van der Waals surface area contributed by atoms with Gasteiger partial charge < -0.3 is 5.11 Å². The first-order valence-corrected chi connectivity index (χ1v) is 6.70. The molecule has 0 amide bonds. The van der Waals surface area contributed by atoms with Crippen molar-refractivity contribution in [3.8, 4) is 11.3 Å². The van der Waals surface area contributed by atoms with Crippen LogP contribution in [0.5, 0.6) is 0 Å². The number of rotatable bonds is 2. The Kier molecular flexibility index (Phi) is 4.68. The Labute approximate surface area is 133 Å². The fraction of sp³-hybridized carbons (Fsp3) is 0.154. The van der Waals surface area contributed by atoms with Gasteiger partial charge in [-0.1, -0.05) is 34.8 Å². The Bertz CT molecular complexity index is 689. The van der Waals surface area contributed by atoms with Gasteiger partial charge in [-0.3, -0.25) is 4.98 Å². The van der Waals surface area contributed by atoms with Crippen LogP contribution in [0.3, 0.4) is 0 Å². The third kappa shape index (κ3) is 3.26. The van der Waals surface area contributed by atoms with Crippen LogP contribution in [-0.4, -0.2) is 10.1 Å². The molecule has 0 spiro atoms. The first-order valence-electron chi connectivity index (χ1n) is 5.56. The molecule has 0 aliphatic rings. The quantitative estimate of drug-likeness (QED) is 0.748. The van der Waals surface area contributed by atoms with Gasteiger partial charge in [0.05, 0.1) is 27.9 Å². The summed E-state index contributed by atoms with van der Waals surface area (Å²) in [5, 5.41) is 9.18. The Morgan fingerprint density at radius 3 is 2.38 bits per heavy atom. The van der Waals surface area contributed by atoms with Crippen LogP contribution in [0.25, 0.3) is 11.3 Å². The molecule has 0 fully saturated rings. The molecule has 1 N–H and O–H groups in total. The summed E-state index contributed by atoms with van der Waals surface area (Å²) >= 11 is 17.6. The van der Waals surface area contributed by atoms with Crippen molar-refractivity contribution in [2.24, 2.45) is 0 Å². The van der Waals surface area contributed by atoms with E-state index < -0.39 is 24.0 Å². The van der Waals surface area contributed by atoms with Crippen LogP contribution in [-0.2, 0) is 12.8 Å². The second-order valence-electron chi connectivity index (χ2n) is 4.10. The second kappa shape index (κ2) is 6.01. The highest BCUT2D eigenvalue weighted by Crippen LogP contribution is 2.42. The van der Waals surface area contributed by atoms with Crippen molar-refractivity contribution < 1.29 is 18.3 Å². The molecular formula is C13H7Cl3F3NO. The van der Waals surface area contributed by atoms with Crippen LogP contribution in [0.1, 0.15) is 11.1 Å². The molecular weight excluding hydrogens is 350 g/mol. The standard InChI is InChI=1S/C13H7Cl3F3NO/c14-7-3-8(11(16)9(15)4-7)12-10(13(17,18)19)6(5-21)1-2-20-12/h1-4,21H,5H2. The lowest BCUT2D eigenvalue weighted by Crippen LogP contribution is -2.12. The highest BCUT2D eigenvalue weighted by Gasteiger charge is 2.37. The van der Waals surface area contributed by atoms with Crippen molar-refractivity contribution in [2.45, 2.75) is 12.8 Å². The van der Waals surface area contributed by atoms with E-state index >= 15 is 0 Å². The van der Waals surface area contributed by atoms with Crippen LogP contribution < -0.4 is 0 Å². The van der Waals surface area contributed by atoms with Gasteiger partial charge in [-0.15, -0.1) is 0 Å². The zero-order valence-corrected chi connectivity index (χ0v) is 12.4. The molecule has 1 heterocycles. The number of halogens is 6. The number of pyridine rings is 1. The summed E-state index contributed by atoms with van der Waals surface area (Å²) in [4.78, 5) is 3.73. The van der Waals surface area contributed by atoms with E-state index in [4.69, 9.17) is 39.9 Å². The molecule has 0 radical (unpaired) electrons. The first kappa shape index (κ1) is 16.4. The number of aromatic nitrogens is 1. The maximum atomic E-state index is 13.3. The van der Waals surface area contributed by atoms with Gasteiger partial charge in [0.15, 0.2) is 0 Å². The van der Waals surface area contributed by atoms with Crippen LogP contribution in [0.15, 0.2) is 24.4 Å². The Morgan fingerprint density at radius 1 is 1.14 bits per heavy atom. The molecule has 1 aromatic heterocycles. The van der Waals surface area contributed by atoms with E-state index in [-0.39, 0.29) is 26.2 Å². The Balaban J connectivity index is 2.82. The van der Waals surface area contributed by atoms with Crippen molar-refractivity contribution in [1.29, 1.82) is 0 Å². The zero-order chi connectivity index (χ0) is 15.8. The minimum Gasteiger partial charge on any atom is -0.392 e. The molecule has 1 aromatic carbocycles. The largest absolute Gasteiger partial charge is 0.418 e. The van der Waals surface area contributed by atoms with E-state index in [2.05, 4.69) is 4.98 Å². The van der Waals surface area contributed by atoms with Crippen molar-refractivity contribution in [3.05, 3.63) is 50.6 Å². The lowest BCUT2D eigenvalue weighted by atomic mass is 10.0. The fourth-order valence-corrected chi connectivity index (χ4v) is 2.57. The molecule has 0 unspecified atom stereocenters. The molecule has 0 saturated heterocycles. The minimum absolute atomic E-state index is 0.0171. The van der Waals surface area contributed by atoms with Gasteiger partial charge in [0.25, 0.3) is 0 Å². The van der Waals surface area contributed by atoms with E-state index in [9.17, 15) is 13.2 Å². The normalized spacial score (nSPS) is 11.8. The second-order valence-corrected chi connectivity index (χ2v) is 5.32. The minimum atomic E-state index is -4.71. The third-order valence-electron chi connectivity index (χ3n) is 2.74. The number of aliphatic hydroxyl groups excluding tert-OH is 1. The molecule has 2 rings (SSSR count). The number of benzene rings is 1. The van der Waals surface area contributed by atoms with Crippen LogP contribution in [0, 0.1) is 0 Å². The maximum Gasteiger partial charge on any atom is 0.418 e. The van der Waals surface area contributed by atoms with Gasteiger partial charge in [-0.05, 0) is 23.8 Å². The van der Waals surface area contributed by atoms with Gasteiger partial charge in [0, 0.05) is 16.8 Å². The maximum absolute atomic E-state index is 13.3. The van der Waals surface area contributed by atoms with E-state index in [0.29, 0.717) is 0 Å². The van der Waals surface area contributed by atoms with Gasteiger partial charge in [-0.2, -0.15) is 13.2 Å². The molecule has 21 heavy (non-hydrogen) atoms. The smallest absolute Gasteiger partial charge is 0.392 e. The predicted molar refractivity (Wildman–Crippen MR) is 75.6 cm³/mol. The van der Waals surface area contributed by atoms with E-state index in [1.165, 1.54) is 12.1 Å². The topological polar surface area (TPSA) is 33.1 Å². The lowest BCUT2D eigenvalue weighted by Gasteiger charge is -2.17. The fourth-order valence-electron chi connectivity index (χ4n) is 1.88. The monoisotopic (exact) mass is 355 g/mol. The lowest BCUT2D eigenvalue weighted by molar-refractivity contribution is -0.138. The number of alkyl halides is 3. The third-order valence-corrected chi connectivity index (χ3v) is 3.76. The van der Waals surface area contributed by atoms with Crippen molar-refractivity contribution in [1.82, 2.24) is 4.98 Å². The first-order chi connectivity index (χ1) is 9.75. The van der Waals surface area contributed by atoms with Crippen molar-refractivity contribution in [3.63, 3.8) is 0 Å². The summed E-state index contributed by atoms with van der Waals surface area (Å²) in [6, 6.07) is 3.65. The van der Waals surface area contributed by atoms with Crippen LogP contribution in [0.2, 0.25) is 15.1 Å². The van der Waals surface area contributed by atoms with Crippen molar-refractivity contribution in [2.75, 3.05) is 0 Å². The highest BCUT2D eigenvalue weighted by atomic mass is 35.5. The highest BCUT2D eigenvalue weighted by molar-refractivity contribution is 6.45. The summed E-state index contributed by atoms with van der Waals surface area (Å²) in [6.07, 6.45) is -3.55. The van der Waals surface area contributed by atoms with Gasteiger partial charge in [-0.25, -0.2) is 0 Å². The summed E-state index contributed by atoms with van der Waals surface area (Å²) in [6.45, 7) is -0.781. The van der Waals surface area contributed by atoms with Gasteiger partial charge >= 0.3 is 6.18 Å². The van der Waals surface area contributed by atoms with Gasteiger partial charge in [0.2, 0.25) is 0 Å². The van der Waals surface area contributed by atoms with Crippen LogP contribution in [0.4, 0.5) is 13.2 Å². The number of hydrogen-bond donors (Lipinski definition) is 1. The Hall–Kier alpha value is -1.01. The van der Waals surface area contributed by atoms with E-state index in [1.54, 1.807) is 0 Å². The van der Waals surface area contributed by atoms with E-state index in [0.717, 1.165) is 12.3 Å². The number of aliphatic hydroxyl groups is 1. The predicted octanol–water partition coefficient (Wildman–Crippen LogP) is 5.22. The van der Waals surface area contributed by atoms with Crippen molar-refractivity contribution >= 4 is 34.8 Å². The summed E-state index contributed by atoms with van der Waals surface area (Å²) in [7, 11) is 0. The summed E-state index contributed by atoms with van der Waals surface area (Å²) < 4.78 is 39.8. The summed E-state index contributed by atoms with van der Waals surface area (Å²) in [5.41, 5.74) is -1.84. The van der Waals surface area contributed by atoms with Crippen LogP contribution >= 0.6 is 34.8 Å². The molecule has 2 aromatic rings. The molecule has 8 heteroatoms. The van der Waals surface area contributed by atoms with Gasteiger partial charge in [0.1, 0.15) is 0 Å². The molecule has 112 valence electrons. The number of nitrogens with zero attached hydrogens (tertiary/aromatic N) is 1.